The van der Waals surface area contributed by atoms with Crippen LogP contribution >= 0.6 is 12.2 Å². The van der Waals surface area contributed by atoms with Gasteiger partial charge in [0.05, 0.1) is 17.9 Å². The Morgan fingerprint density at radius 3 is 2.76 bits per heavy atom. The molecule has 0 saturated carbocycles. The Balaban J connectivity index is 2.59. The molecule has 0 spiro atoms. The smallest absolute Gasteiger partial charge is 0.341 e. The van der Waals surface area contributed by atoms with Crippen molar-refractivity contribution in [3.8, 4) is 0 Å². The molecule has 0 aromatic carbocycles. The van der Waals surface area contributed by atoms with Gasteiger partial charge < -0.3 is 15.4 Å². The zero-order chi connectivity index (χ0) is 15.8. The second kappa shape index (κ2) is 8.51. The Labute approximate surface area is 130 Å². The molecule has 1 aromatic heterocycles. The van der Waals surface area contributed by atoms with Gasteiger partial charge in [0, 0.05) is 12.7 Å². The van der Waals surface area contributed by atoms with E-state index in [-0.39, 0.29) is 0 Å². The molecule has 0 unspecified atom stereocenters. The van der Waals surface area contributed by atoms with Crippen LogP contribution in [0.5, 0.6) is 0 Å². The third-order valence-corrected chi connectivity index (χ3v) is 2.95. The van der Waals surface area contributed by atoms with E-state index in [1.54, 1.807) is 13.8 Å². The molecular weight excluding hydrogens is 288 g/mol. The quantitative estimate of drug-likeness (QED) is 0.616. The van der Waals surface area contributed by atoms with Gasteiger partial charge in [-0.05, 0) is 38.4 Å². The van der Waals surface area contributed by atoms with Gasteiger partial charge in [0.2, 0.25) is 5.95 Å². The van der Waals surface area contributed by atoms with Gasteiger partial charge in [0.25, 0.3) is 0 Å². The number of anilines is 1. The Hall–Kier alpha value is -1.76. The van der Waals surface area contributed by atoms with Gasteiger partial charge in [-0.25, -0.2) is 14.8 Å². The van der Waals surface area contributed by atoms with E-state index in [1.165, 1.54) is 6.20 Å². The standard InChI is InChI=1S/C14H22N4O2S/c1-5-20-12(19)11-8-16-13(17-10(11)4)18-14(21)15-7-6-9(2)3/h8-9H,5-7H2,1-4H3,(H2,15,16,17,18,21). The number of aromatic nitrogens is 2. The lowest BCUT2D eigenvalue weighted by molar-refractivity contribution is 0.0524. The molecule has 0 fully saturated rings. The fraction of sp³-hybridized carbons (Fsp3) is 0.571. The van der Waals surface area contributed by atoms with Gasteiger partial charge in [-0.2, -0.15) is 0 Å². The number of carbonyl (C=O) groups excluding carboxylic acids is 1. The molecule has 0 atom stereocenters. The maximum absolute atomic E-state index is 11.6. The van der Waals surface area contributed by atoms with Crippen molar-refractivity contribution in [2.24, 2.45) is 5.92 Å². The maximum Gasteiger partial charge on any atom is 0.341 e. The molecule has 0 saturated heterocycles. The van der Waals surface area contributed by atoms with E-state index in [2.05, 4.69) is 34.4 Å². The zero-order valence-electron chi connectivity index (χ0n) is 12.9. The lowest BCUT2D eigenvalue weighted by Gasteiger charge is -2.11. The lowest BCUT2D eigenvalue weighted by atomic mass is 10.1. The third-order valence-electron chi connectivity index (χ3n) is 2.71. The third kappa shape index (κ3) is 6.03. The van der Waals surface area contributed by atoms with Gasteiger partial charge in [0.15, 0.2) is 5.11 Å². The molecule has 0 bridgehead atoms. The summed E-state index contributed by atoms with van der Waals surface area (Å²) in [4.78, 5) is 19.9. The van der Waals surface area contributed by atoms with Crippen molar-refractivity contribution in [1.29, 1.82) is 0 Å². The number of nitrogens with zero attached hydrogens (tertiary/aromatic N) is 2. The summed E-state index contributed by atoms with van der Waals surface area (Å²) in [5.41, 5.74) is 0.914. The minimum Gasteiger partial charge on any atom is -0.462 e. The van der Waals surface area contributed by atoms with Gasteiger partial charge >= 0.3 is 5.97 Å². The highest BCUT2D eigenvalue weighted by Gasteiger charge is 2.13. The van der Waals surface area contributed by atoms with Crippen LogP contribution in [0, 0.1) is 12.8 Å². The summed E-state index contributed by atoms with van der Waals surface area (Å²) in [6.07, 6.45) is 2.48. The average Bonchev–Trinajstić information content (AvgIpc) is 2.38. The van der Waals surface area contributed by atoms with Crippen molar-refractivity contribution in [3.63, 3.8) is 0 Å². The number of nitrogens with one attached hydrogen (secondary N) is 2. The second-order valence-corrected chi connectivity index (χ2v) is 5.38. The molecule has 1 aromatic rings. The molecule has 21 heavy (non-hydrogen) atoms. The first kappa shape index (κ1) is 17.3. The van der Waals surface area contributed by atoms with Crippen molar-refractivity contribution in [2.45, 2.75) is 34.1 Å². The van der Waals surface area contributed by atoms with Crippen molar-refractivity contribution in [1.82, 2.24) is 15.3 Å². The van der Waals surface area contributed by atoms with E-state index in [4.69, 9.17) is 17.0 Å². The number of esters is 1. The Morgan fingerprint density at radius 1 is 1.48 bits per heavy atom. The number of thiocarbonyl (C=S) groups is 1. The van der Waals surface area contributed by atoms with Crippen molar-refractivity contribution in [3.05, 3.63) is 17.5 Å². The maximum atomic E-state index is 11.6. The number of hydrogen-bond donors (Lipinski definition) is 2. The van der Waals surface area contributed by atoms with Gasteiger partial charge in [-0.1, -0.05) is 13.8 Å². The number of rotatable bonds is 6. The second-order valence-electron chi connectivity index (χ2n) is 4.98. The molecule has 116 valence electrons. The average molecular weight is 310 g/mol. The van der Waals surface area contributed by atoms with Gasteiger partial charge in [-0.3, -0.25) is 0 Å². The van der Waals surface area contributed by atoms with Crippen LogP contribution in [-0.2, 0) is 4.74 Å². The predicted molar refractivity (Wildman–Crippen MR) is 86.4 cm³/mol. The van der Waals surface area contributed by atoms with Gasteiger partial charge in [-0.15, -0.1) is 0 Å². The van der Waals surface area contributed by atoms with E-state index < -0.39 is 5.97 Å². The van der Waals surface area contributed by atoms with E-state index in [0.717, 1.165) is 13.0 Å². The van der Waals surface area contributed by atoms with Crippen molar-refractivity contribution < 1.29 is 9.53 Å². The Bertz CT molecular complexity index is 506. The molecule has 0 aliphatic heterocycles. The summed E-state index contributed by atoms with van der Waals surface area (Å²) in [7, 11) is 0. The topological polar surface area (TPSA) is 76.1 Å². The fourth-order valence-electron chi connectivity index (χ4n) is 1.56. The summed E-state index contributed by atoms with van der Waals surface area (Å²) >= 11 is 5.16. The van der Waals surface area contributed by atoms with Crippen LogP contribution < -0.4 is 10.6 Å². The summed E-state index contributed by atoms with van der Waals surface area (Å²) in [6.45, 7) is 8.91. The summed E-state index contributed by atoms with van der Waals surface area (Å²) in [5, 5.41) is 6.46. The number of aryl methyl sites for hydroxylation is 1. The largest absolute Gasteiger partial charge is 0.462 e. The molecule has 0 amide bonds. The fourth-order valence-corrected chi connectivity index (χ4v) is 1.75. The lowest BCUT2D eigenvalue weighted by Crippen LogP contribution is -2.30. The van der Waals surface area contributed by atoms with Crippen molar-refractivity contribution in [2.75, 3.05) is 18.5 Å². The number of hydrogen-bond acceptors (Lipinski definition) is 5. The first-order valence-corrected chi connectivity index (χ1v) is 7.40. The minimum atomic E-state index is -0.417. The first-order valence-electron chi connectivity index (χ1n) is 6.99. The SMILES string of the molecule is CCOC(=O)c1cnc(NC(=S)NCCC(C)C)nc1C. The van der Waals surface area contributed by atoms with E-state index in [9.17, 15) is 4.79 Å². The molecule has 6 nitrogen and oxygen atoms in total. The van der Waals surface area contributed by atoms with Crippen LogP contribution in [0.3, 0.4) is 0 Å². The van der Waals surface area contributed by atoms with Crippen LogP contribution in [0.2, 0.25) is 0 Å². The van der Waals surface area contributed by atoms with Crippen LogP contribution in [0.15, 0.2) is 6.20 Å². The first-order chi connectivity index (χ1) is 9.93. The predicted octanol–water partition coefficient (Wildman–Crippen LogP) is 2.29. The van der Waals surface area contributed by atoms with Crippen LogP contribution in [0.25, 0.3) is 0 Å². The van der Waals surface area contributed by atoms with E-state index in [1.807, 2.05) is 0 Å². The number of ether oxygens (including phenoxy) is 1. The molecule has 2 N–H and O–H groups in total. The van der Waals surface area contributed by atoms with E-state index >= 15 is 0 Å². The molecule has 1 heterocycles. The van der Waals surface area contributed by atoms with Crippen molar-refractivity contribution >= 4 is 29.2 Å². The minimum absolute atomic E-state index is 0.322. The highest BCUT2D eigenvalue weighted by molar-refractivity contribution is 7.80. The Morgan fingerprint density at radius 2 is 2.19 bits per heavy atom. The normalized spacial score (nSPS) is 10.3. The monoisotopic (exact) mass is 310 g/mol. The highest BCUT2D eigenvalue weighted by atomic mass is 32.1. The molecule has 0 aliphatic carbocycles. The molecule has 1 rings (SSSR count). The summed E-state index contributed by atoms with van der Waals surface area (Å²) in [6, 6.07) is 0. The highest BCUT2D eigenvalue weighted by Crippen LogP contribution is 2.08. The Kier molecular flexibility index (Phi) is 7.01. The zero-order valence-corrected chi connectivity index (χ0v) is 13.7. The molecule has 0 aliphatic rings. The van der Waals surface area contributed by atoms with Crippen LogP contribution in [-0.4, -0.2) is 34.2 Å². The van der Waals surface area contributed by atoms with Gasteiger partial charge in [0.1, 0.15) is 0 Å². The summed E-state index contributed by atoms with van der Waals surface area (Å²) < 4.78 is 4.93. The number of carbonyl (C=O) groups is 1. The van der Waals surface area contributed by atoms with Crippen LogP contribution in [0.4, 0.5) is 5.95 Å². The molecular formula is C14H22N4O2S. The van der Waals surface area contributed by atoms with Crippen LogP contribution in [0.1, 0.15) is 43.2 Å². The molecule has 0 radical (unpaired) electrons. The summed E-state index contributed by atoms with van der Waals surface area (Å²) in [5.74, 6) is 0.560. The van der Waals surface area contributed by atoms with E-state index in [0.29, 0.717) is 34.8 Å². The molecule has 7 heteroatoms.